The minimum atomic E-state index is -3.80. The highest BCUT2D eigenvalue weighted by Gasteiger charge is 2.48. The molecule has 1 amide bonds. The van der Waals surface area contributed by atoms with E-state index in [1.165, 1.54) is 38.2 Å². The third-order valence-corrected chi connectivity index (χ3v) is 11.3. The second-order valence-corrected chi connectivity index (χ2v) is 14.4. The van der Waals surface area contributed by atoms with Gasteiger partial charge in [-0.15, -0.1) is 0 Å². The van der Waals surface area contributed by atoms with Gasteiger partial charge in [0.25, 0.3) is 5.91 Å². The van der Waals surface area contributed by atoms with Gasteiger partial charge in [0, 0.05) is 51.4 Å². The summed E-state index contributed by atoms with van der Waals surface area (Å²) < 4.78 is 30.3. The molecule has 2 spiro atoms. The number of carbonyl (C=O) groups is 1. The minimum absolute atomic E-state index is 0.0590. The van der Waals surface area contributed by atoms with Crippen molar-refractivity contribution in [3.05, 3.63) is 42.2 Å². The molecule has 2 saturated carbocycles. The number of fused-ring (bicyclic) bond motifs is 1. The van der Waals surface area contributed by atoms with Gasteiger partial charge in [0.1, 0.15) is 5.69 Å². The number of aromatic nitrogens is 2. The molecule has 218 valence electrons. The molecule has 2 aromatic heterocycles. The Kier molecular flexibility index (Phi) is 6.33. The van der Waals surface area contributed by atoms with Gasteiger partial charge in [-0.05, 0) is 86.1 Å². The molecule has 3 N–H and O–H groups in total. The van der Waals surface area contributed by atoms with Crippen molar-refractivity contribution in [2.75, 3.05) is 54.4 Å². The number of anilines is 3. The number of nitrogens with one attached hydrogen (secondary N) is 2. The first-order valence-electron chi connectivity index (χ1n) is 14.7. The number of aryl methyl sites for hydroxylation is 1. The van der Waals surface area contributed by atoms with E-state index in [9.17, 15) is 13.2 Å². The molecule has 2 aliphatic carbocycles. The molecule has 7 rings (SSSR count). The number of aliphatic hydroxyl groups excluding tert-OH is 1. The van der Waals surface area contributed by atoms with Gasteiger partial charge in [-0.25, -0.2) is 18.1 Å². The lowest BCUT2D eigenvalue weighted by Gasteiger charge is -2.35. The molecule has 4 aliphatic rings. The van der Waals surface area contributed by atoms with E-state index in [1.54, 1.807) is 12.1 Å². The second kappa shape index (κ2) is 9.71. The summed E-state index contributed by atoms with van der Waals surface area (Å²) in [5.41, 5.74) is 3.51. The Bertz CT molecular complexity index is 1620. The molecule has 2 saturated heterocycles. The summed E-state index contributed by atoms with van der Waals surface area (Å²) in [7, 11) is -1.79. The Balaban J connectivity index is 1.21. The number of amides is 1. The van der Waals surface area contributed by atoms with Crippen LogP contribution in [0.25, 0.3) is 10.9 Å². The van der Waals surface area contributed by atoms with Crippen molar-refractivity contribution < 1.29 is 18.3 Å². The molecular formula is C30H38N6O4S. The van der Waals surface area contributed by atoms with E-state index in [0.717, 1.165) is 55.7 Å². The average Bonchev–Trinajstić information content (AvgIpc) is 3.83. The number of piperidine rings is 1. The molecule has 1 aromatic carbocycles. The Morgan fingerprint density at radius 1 is 0.976 bits per heavy atom. The molecule has 0 bridgehead atoms. The highest BCUT2D eigenvalue weighted by atomic mass is 32.2. The topological polar surface area (TPSA) is 120 Å². The molecule has 4 fully saturated rings. The van der Waals surface area contributed by atoms with Gasteiger partial charge < -0.3 is 24.8 Å². The molecule has 3 aromatic rings. The van der Waals surface area contributed by atoms with Crippen LogP contribution in [-0.4, -0.2) is 68.3 Å². The number of sulfonamides is 1. The molecule has 0 atom stereocenters. The summed E-state index contributed by atoms with van der Waals surface area (Å²) >= 11 is 0. The summed E-state index contributed by atoms with van der Waals surface area (Å²) in [6.45, 7) is 3.20. The van der Waals surface area contributed by atoms with Crippen LogP contribution in [0.4, 0.5) is 17.2 Å². The SMILES string of the molecule is Cn1ccc2cc(C(=O)Nc3ccc(S(=O)(=O)NCCO)cc3N3CCC4(CC3)CC4)nc(N3CCC4(CC4)C3)c21. The smallest absolute Gasteiger partial charge is 0.274 e. The van der Waals surface area contributed by atoms with E-state index in [4.69, 9.17) is 10.1 Å². The standard InChI is InChI=1S/C30H38N6O4S/c1-34-13-4-21-18-24(32-27(26(21)34)36-16-11-30(20-36)7-8-30)28(38)33-23-3-2-22(41(39,40)31-12-17-37)19-25(23)35-14-9-29(5-6-29)10-15-35/h2-4,13,18-19,31,37H,5-12,14-17,20H2,1H3,(H,33,38). The van der Waals surface area contributed by atoms with E-state index in [1.807, 2.05) is 25.4 Å². The summed E-state index contributed by atoms with van der Waals surface area (Å²) in [5.74, 6) is 0.537. The maximum absolute atomic E-state index is 13.8. The van der Waals surface area contributed by atoms with Gasteiger partial charge in [0.2, 0.25) is 10.0 Å². The van der Waals surface area contributed by atoms with Gasteiger partial charge in [0.05, 0.1) is 28.4 Å². The zero-order valence-electron chi connectivity index (χ0n) is 23.5. The Morgan fingerprint density at radius 3 is 2.37 bits per heavy atom. The van der Waals surface area contributed by atoms with Crippen molar-refractivity contribution in [1.82, 2.24) is 14.3 Å². The quantitative estimate of drug-likeness (QED) is 0.375. The van der Waals surface area contributed by atoms with E-state index in [0.29, 0.717) is 27.9 Å². The van der Waals surface area contributed by atoms with Crippen LogP contribution in [0.15, 0.2) is 41.4 Å². The molecule has 0 radical (unpaired) electrons. The second-order valence-electron chi connectivity index (χ2n) is 12.6. The fourth-order valence-corrected chi connectivity index (χ4v) is 7.77. The van der Waals surface area contributed by atoms with Crippen molar-refractivity contribution in [1.29, 1.82) is 0 Å². The van der Waals surface area contributed by atoms with Gasteiger partial charge in [-0.2, -0.15) is 0 Å². The van der Waals surface area contributed by atoms with Crippen LogP contribution in [0.5, 0.6) is 0 Å². The zero-order valence-corrected chi connectivity index (χ0v) is 24.3. The Morgan fingerprint density at radius 2 is 1.68 bits per heavy atom. The van der Waals surface area contributed by atoms with Gasteiger partial charge in [0.15, 0.2) is 5.82 Å². The first-order valence-corrected chi connectivity index (χ1v) is 16.2. The van der Waals surface area contributed by atoms with Gasteiger partial charge >= 0.3 is 0 Å². The van der Waals surface area contributed by atoms with Crippen molar-refractivity contribution in [2.45, 2.75) is 49.8 Å². The van der Waals surface area contributed by atoms with E-state index >= 15 is 0 Å². The molecule has 2 aliphatic heterocycles. The lowest BCUT2D eigenvalue weighted by molar-refractivity contribution is 0.102. The number of rotatable bonds is 8. The number of hydrogen-bond donors (Lipinski definition) is 3. The first-order chi connectivity index (χ1) is 19.7. The molecule has 4 heterocycles. The van der Waals surface area contributed by atoms with Crippen molar-refractivity contribution in [2.24, 2.45) is 17.9 Å². The fraction of sp³-hybridized carbons (Fsp3) is 0.533. The van der Waals surface area contributed by atoms with Crippen molar-refractivity contribution in [3.63, 3.8) is 0 Å². The molecule has 0 unspecified atom stereocenters. The largest absolute Gasteiger partial charge is 0.395 e. The third kappa shape index (κ3) is 4.97. The van der Waals surface area contributed by atoms with Gasteiger partial charge in [-0.1, -0.05) is 0 Å². The highest BCUT2D eigenvalue weighted by molar-refractivity contribution is 7.89. The molecule has 41 heavy (non-hydrogen) atoms. The van der Waals surface area contributed by atoms with Crippen LogP contribution in [0.1, 0.15) is 55.4 Å². The normalized spacial score (nSPS) is 20.7. The lowest BCUT2D eigenvalue weighted by atomic mass is 9.93. The van der Waals surface area contributed by atoms with Crippen LogP contribution in [0, 0.1) is 10.8 Å². The van der Waals surface area contributed by atoms with E-state index < -0.39 is 10.0 Å². The van der Waals surface area contributed by atoms with Crippen LogP contribution in [0.3, 0.4) is 0 Å². The molecule has 11 heteroatoms. The van der Waals surface area contributed by atoms with E-state index in [2.05, 4.69) is 24.4 Å². The number of benzene rings is 1. The van der Waals surface area contributed by atoms with Crippen LogP contribution >= 0.6 is 0 Å². The molecular weight excluding hydrogens is 540 g/mol. The summed E-state index contributed by atoms with van der Waals surface area (Å²) in [6.07, 6.45) is 10.4. The first kappa shape index (κ1) is 26.7. The Hall–Kier alpha value is -3.15. The lowest BCUT2D eigenvalue weighted by Crippen LogP contribution is -2.35. The van der Waals surface area contributed by atoms with E-state index in [-0.39, 0.29) is 24.0 Å². The highest BCUT2D eigenvalue weighted by Crippen LogP contribution is 2.55. The predicted octanol–water partition coefficient (Wildman–Crippen LogP) is 3.47. The summed E-state index contributed by atoms with van der Waals surface area (Å²) in [4.78, 5) is 23.3. The van der Waals surface area contributed by atoms with Crippen molar-refractivity contribution in [3.8, 4) is 0 Å². The number of pyridine rings is 1. The van der Waals surface area contributed by atoms with Crippen LogP contribution in [0.2, 0.25) is 0 Å². The number of nitrogens with zero attached hydrogens (tertiary/aromatic N) is 4. The number of carbonyl (C=O) groups excluding carboxylic acids is 1. The average molecular weight is 579 g/mol. The van der Waals surface area contributed by atoms with Gasteiger partial charge in [-0.3, -0.25) is 4.79 Å². The minimum Gasteiger partial charge on any atom is -0.395 e. The fourth-order valence-electron chi connectivity index (χ4n) is 6.73. The summed E-state index contributed by atoms with van der Waals surface area (Å²) in [6, 6.07) is 8.67. The molecule has 10 nitrogen and oxygen atoms in total. The van der Waals surface area contributed by atoms with Crippen molar-refractivity contribution >= 4 is 44.0 Å². The maximum atomic E-state index is 13.8. The Labute approximate surface area is 240 Å². The summed E-state index contributed by atoms with van der Waals surface area (Å²) in [5, 5.41) is 13.2. The van der Waals surface area contributed by atoms with Crippen LogP contribution in [-0.2, 0) is 17.1 Å². The monoisotopic (exact) mass is 578 g/mol. The zero-order chi connectivity index (χ0) is 28.4. The number of aliphatic hydroxyl groups is 1. The third-order valence-electron chi connectivity index (χ3n) is 9.82. The van der Waals surface area contributed by atoms with Crippen LogP contribution < -0.4 is 19.8 Å². The number of hydrogen-bond acceptors (Lipinski definition) is 7. The predicted molar refractivity (Wildman–Crippen MR) is 159 cm³/mol. The maximum Gasteiger partial charge on any atom is 0.274 e.